The molecule has 19 heavy (non-hydrogen) atoms. The van der Waals surface area contributed by atoms with Crippen molar-refractivity contribution in [2.24, 2.45) is 11.7 Å². The molecule has 1 saturated carbocycles. The van der Waals surface area contributed by atoms with Gasteiger partial charge < -0.3 is 11.1 Å². The number of nitrogens with one attached hydrogen (secondary N) is 2. The lowest BCUT2D eigenvalue weighted by Gasteiger charge is -2.14. The first-order valence-corrected chi connectivity index (χ1v) is 6.92. The molecule has 1 aromatic rings. The van der Waals surface area contributed by atoms with Crippen LogP contribution >= 0.6 is 0 Å². The predicted octanol–water partition coefficient (Wildman–Crippen LogP) is 2.88. The van der Waals surface area contributed by atoms with Crippen LogP contribution in [-0.4, -0.2) is 11.7 Å². The first-order chi connectivity index (χ1) is 9.16. The molecular weight excluding hydrogens is 238 g/mol. The first kappa shape index (κ1) is 13.6. The summed E-state index contributed by atoms with van der Waals surface area (Å²) >= 11 is 0. The topological polar surface area (TPSA) is 79.0 Å². The molecule has 1 aromatic carbocycles. The highest BCUT2D eigenvalue weighted by molar-refractivity contribution is 5.96. The number of carbonyl (C=O) groups is 1. The highest BCUT2D eigenvalue weighted by atomic mass is 16.1. The normalized spacial score (nSPS) is 16.6. The van der Waals surface area contributed by atoms with Crippen molar-refractivity contribution in [3.63, 3.8) is 0 Å². The van der Waals surface area contributed by atoms with Crippen LogP contribution in [0.3, 0.4) is 0 Å². The van der Waals surface area contributed by atoms with Crippen molar-refractivity contribution >= 4 is 17.4 Å². The van der Waals surface area contributed by atoms with Gasteiger partial charge in [-0.3, -0.25) is 10.2 Å². The minimum absolute atomic E-state index is 0.0432. The number of nitrogen functional groups attached to an aromatic ring is 1. The van der Waals surface area contributed by atoms with Gasteiger partial charge in [-0.25, -0.2) is 0 Å². The van der Waals surface area contributed by atoms with Crippen LogP contribution in [0.5, 0.6) is 0 Å². The van der Waals surface area contributed by atoms with Crippen LogP contribution in [-0.2, 0) is 4.79 Å². The van der Waals surface area contributed by atoms with E-state index in [9.17, 15) is 4.79 Å². The highest BCUT2D eigenvalue weighted by Crippen LogP contribution is 2.24. The van der Waals surface area contributed by atoms with E-state index in [0.29, 0.717) is 5.56 Å². The zero-order chi connectivity index (χ0) is 13.7. The summed E-state index contributed by atoms with van der Waals surface area (Å²) in [5, 5.41) is 10.3. The van der Waals surface area contributed by atoms with Gasteiger partial charge in [0.25, 0.3) is 0 Å². The van der Waals surface area contributed by atoms with Crippen molar-refractivity contribution < 1.29 is 4.79 Å². The Hall–Kier alpha value is -1.84. The van der Waals surface area contributed by atoms with E-state index in [1.54, 1.807) is 24.3 Å². The van der Waals surface area contributed by atoms with Crippen molar-refractivity contribution in [1.82, 2.24) is 0 Å². The lowest BCUT2D eigenvalue weighted by molar-refractivity contribution is -0.120. The quantitative estimate of drug-likeness (QED) is 0.443. The number of carbonyl (C=O) groups excluding carboxylic acids is 1. The van der Waals surface area contributed by atoms with E-state index in [0.717, 1.165) is 31.4 Å². The van der Waals surface area contributed by atoms with Gasteiger partial charge in [-0.2, -0.15) is 0 Å². The Morgan fingerprint density at radius 2 is 1.68 bits per heavy atom. The number of hydrogen-bond donors (Lipinski definition) is 3. The fraction of sp³-hybridized carbons (Fsp3) is 0.467. The molecular formula is C15H21N3O. The number of rotatable bonds is 3. The molecule has 0 radical (unpaired) electrons. The fourth-order valence-electron chi connectivity index (χ4n) is 2.52. The van der Waals surface area contributed by atoms with Gasteiger partial charge in [0.05, 0.1) is 0 Å². The third-order valence-corrected chi connectivity index (χ3v) is 3.69. The molecule has 1 fully saturated rings. The molecule has 0 atom stereocenters. The molecule has 4 N–H and O–H groups in total. The molecule has 0 spiro atoms. The number of hydrogen-bond acceptors (Lipinski definition) is 2. The van der Waals surface area contributed by atoms with Gasteiger partial charge in [-0.05, 0) is 37.1 Å². The van der Waals surface area contributed by atoms with E-state index in [1.165, 1.54) is 12.8 Å². The first-order valence-electron chi connectivity index (χ1n) is 6.92. The summed E-state index contributed by atoms with van der Waals surface area (Å²) < 4.78 is 0. The summed E-state index contributed by atoms with van der Waals surface area (Å²) in [6.45, 7) is 0. The van der Waals surface area contributed by atoms with Crippen LogP contribution in [0.15, 0.2) is 24.3 Å². The van der Waals surface area contributed by atoms with E-state index >= 15 is 0 Å². The van der Waals surface area contributed by atoms with Crippen LogP contribution in [0.2, 0.25) is 0 Å². The third-order valence-electron chi connectivity index (χ3n) is 3.69. The molecule has 0 saturated heterocycles. The van der Waals surface area contributed by atoms with Gasteiger partial charge in [0, 0.05) is 17.2 Å². The molecule has 1 amide bonds. The van der Waals surface area contributed by atoms with Crippen LogP contribution < -0.4 is 11.1 Å². The second-order valence-corrected chi connectivity index (χ2v) is 5.17. The Bertz CT molecular complexity index is 445. The van der Waals surface area contributed by atoms with Gasteiger partial charge in [-0.15, -0.1) is 0 Å². The molecule has 0 heterocycles. The fourth-order valence-corrected chi connectivity index (χ4v) is 2.52. The van der Waals surface area contributed by atoms with Crippen LogP contribution in [0, 0.1) is 11.3 Å². The Kier molecular flexibility index (Phi) is 4.55. The maximum Gasteiger partial charge on any atom is 0.227 e. The van der Waals surface area contributed by atoms with Gasteiger partial charge in [0.2, 0.25) is 5.91 Å². The maximum absolute atomic E-state index is 12.2. The summed E-state index contributed by atoms with van der Waals surface area (Å²) in [6, 6.07) is 7.10. The number of amidine groups is 1. The molecule has 102 valence electrons. The van der Waals surface area contributed by atoms with Gasteiger partial charge >= 0.3 is 0 Å². The summed E-state index contributed by atoms with van der Waals surface area (Å²) in [5.74, 6) is 0.314. The van der Waals surface area contributed by atoms with Crippen molar-refractivity contribution in [2.45, 2.75) is 38.5 Å². The Labute approximate surface area is 113 Å². The average Bonchev–Trinajstić information content (AvgIpc) is 2.68. The highest BCUT2D eigenvalue weighted by Gasteiger charge is 2.19. The van der Waals surface area contributed by atoms with Crippen molar-refractivity contribution in [1.29, 1.82) is 5.41 Å². The smallest absolute Gasteiger partial charge is 0.227 e. The van der Waals surface area contributed by atoms with Crippen LogP contribution in [0.1, 0.15) is 44.1 Å². The Balaban J connectivity index is 1.95. The third kappa shape index (κ3) is 3.81. The van der Waals surface area contributed by atoms with Crippen LogP contribution in [0.4, 0.5) is 5.69 Å². The van der Waals surface area contributed by atoms with Gasteiger partial charge in [0.1, 0.15) is 5.84 Å². The summed E-state index contributed by atoms with van der Waals surface area (Å²) in [6.07, 6.45) is 6.80. The second-order valence-electron chi connectivity index (χ2n) is 5.17. The van der Waals surface area contributed by atoms with E-state index in [-0.39, 0.29) is 17.7 Å². The number of benzene rings is 1. The number of anilines is 1. The Morgan fingerprint density at radius 3 is 2.21 bits per heavy atom. The minimum atomic E-state index is 0.0432. The Morgan fingerprint density at radius 1 is 1.11 bits per heavy atom. The monoisotopic (exact) mass is 259 g/mol. The summed E-state index contributed by atoms with van der Waals surface area (Å²) in [5.41, 5.74) is 6.85. The molecule has 0 bridgehead atoms. The standard InChI is InChI=1S/C15H21N3O/c16-14(17)11-7-9-13(10-8-11)18-15(19)12-5-3-1-2-4-6-12/h7-10,12H,1-6H2,(H3,16,17)(H,18,19). The van der Waals surface area contributed by atoms with Crippen molar-refractivity contribution in [3.8, 4) is 0 Å². The lowest BCUT2D eigenvalue weighted by Crippen LogP contribution is -2.22. The molecule has 0 aromatic heterocycles. The van der Waals surface area contributed by atoms with Crippen molar-refractivity contribution in [2.75, 3.05) is 5.32 Å². The molecule has 2 rings (SSSR count). The average molecular weight is 259 g/mol. The molecule has 1 aliphatic rings. The van der Waals surface area contributed by atoms with E-state index in [2.05, 4.69) is 5.32 Å². The minimum Gasteiger partial charge on any atom is -0.384 e. The number of nitrogens with two attached hydrogens (primary N) is 1. The van der Waals surface area contributed by atoms with E-state index in [1.807, 2.05) is 0 Å². The predicted molar refractivity (Wildman–Crippen MR) is 77.3 cm³/mol. The zero-order valence-corrected chi connectivity index (χ0v) is 11.1. The summed E-state index contributed by atoms with van der Waals surface area (Å²) in [4.78, 5) is 12.2. The largest absolute Gasteiger partial charge is 0.384 e. The zero-order valence-electron chi connectivity index (χ0n) is 11.1. The molecule has 1 aliphatic carbocycles. The van der Waals surface area contributed by atoms with E-state index < -0.39 is 0 Å². The SMILES string of the molecule is N=C(N)c1ccc(NC(=O)C2CCCCCC2)cc1. The van der Waals surface area contributed by atoms with Gasteiger partial charge in [-0.1, -0.05) is 25.7 Å². The molecule has 0 unspecified atom stereocenters. The molecule has 4 nitrogen and oxygen atoms in total. The lowest BCUT2D eigenvalue weighted by atomic mass is 9.99. The van der Waals surface area contributed by atoms with Gasteiger partial charge in [0.15, 0.2) is 0 Å². The summed E-state index contributed by atoms with van der Waals surface area (Å²) in [7, 11) is 0. The second kappa shape index (κ2) is 6.36. The van der Waals surface area contributed by atoms with Crippen molar-refractivity contribution in [3.05, 3.63) is 29.8 Å². The van der Waals surface area contributed by atoms with E-state index in [4.69, 9.17) is 11.1 Å². The van der Waals surface area contributed by atoms with Crippen LogP contribution in [0.25, 0.3) is 0 Å². The maximum atomic E-state index is 12.2. The molecule has 0 aliphatic heterocycles. The molecule has 4 heteroatoms. The number of amides is 1.